The maximum absolute atomic E-state index is 13.6. The normalized spacial score (nSPS) is 14.7. The van der Waals surface area contributed by atoms with Crippen molar-refractivity contribution in [3.8, 4) is 22.0 Å². The molecule has 216 valence electrons. The Labute approximate surface area is 242 Å². The van der Waals surface area contributed by atoms with Gasteiger partial charge in [0.05, 0.1) is 22.3 Å². The molecule has 0 saturated carbocycles. The Kier molecular flexibility index (Phi) is 7.29. The number of hydrogen-bond acceptors (Lipinski definition) is 8. The number of imidazole rings is 1. The van der Waals surface area contributed by atoms with Gasteiger partial charge in [-0.3, -0.25) is 9.36 Å². The SMILES string of the molecule is C[C@@H](Oc1cc(-n2cnc3cc(-c4ccnc(N5CCNCC5)n4)ccc32)sc1C(N)=O)c1ccccc1C(F)(F)F. The first-order valence-corrected chi connectivity index (χ1v) is 14.0. The summed E-state index contributed by atoms with van der Waals surface area (Å²) in [6.45, 7) is 4.93. The number of ether oxygens (including phenoxy) is 1. The van der Waals surface area contributed by atoms with E-state index in [4.69, 9.17) is 15.5 Å². The number of nitrogens with one attached hydrogen (secondary N) is 1. The maximum Gasteiger partial charge on any atom is 0.416 e. The van der Waals surface area contributed by atoms with Crippen molar-refractivity contribution in [1.29, 1.82) is 0 Å². The second-order valence-corrected chi connectivity index (χ2v) is 10.8. The van der Waals surface area contributed by atoms with E-state index in [9.17, 15) is 18.0 Å². The molecule has 9 nitrogen and oxygen atoms in total. The van der Waals surface area contributed by atoms with Crippen molar-refractivity contribution in [2.75, 3.05) is 31.1 Å². The molecule has 1 atom stereocenters. The zero-order chi connectivity index (χ0) is 29.4. The minimum Gasteiger partial charge on any atom is -0.484 e. The van der Waals surface area contributed by atoms with Crippen LogP contribution in [0.5, 0.6) is 5.75 Å². The molecule has 0 spiro atoms. The van der Waals surface area contributed by atoms with Gasteiger partial charge in [-0.1, -0.05) is 24.3 Å². The molecule has 4 heterocycles. The van der Waals surface area contributed by atoms with Gasteiger partial charge in [0.25, 0.3) is 5.91 Å². The second-order valence-electron chi connectivity index (χ2n) is 9.78. The Morgan fingerprint density at radius 1 is 1.10 bits per heavy atom. The Balaban J connectivity index is 1.30. The number of carbonyl (C=O) groups is 1. The van der Waals surface area contributed by atoms with E-state index < -0.39 is 23.8 Å². The number of nitrogens with two attached hydrogens (primary N) is 1. The third-order valence-electron chi connectivity index (χ3n) is 7.04. The number of halogens is 3. The van der Waals surface area contributed by atoms with Crippen LogP contribution in [0.2, 0.25) is 0 Å². The average Bonchev–Trinajstić information content (AvgIpc) is 3.61. The van der Waals surface area contributed by atoms with Gasteiger partial charge in [-0.25, -0.2) is 15.0 Å². The number of nitrogens with zero attached hydrogens (tertiary/aromatic N) is 5. The molecule has 42 heavy (non-hydrogen) atoms. The summed E-state index contributed by atoms with van der Waals surface area (Å²) < 4.78 is 48.5. The van der Waals surface area contributed by atoms with Crippen LogP contribution in [0.15, 0.2) is 67.1 Å². The standard InChI is InChI=1S/C29H26F3N7O2S/c1-17(19-4-2-3-5-20(19)29(30,31)32)41-24-15-25(42-26(24)27(33)40)39-16-36-22-14-18(6-7-23(22)39)21-8-9-35-28(37-21)38-12-10-34-11-13-38/h2-9,14-17,34H,10-13H2,1H3,(H2,33,40)/t17-/m1/s1. The molecule has 1 saturated heterocycles. The highest BCUT2D eigenvalue weighted by atomic mass is 32.1. The quantitative estimate of drug-likeness (QED) is 0.267. The van der Waals surface area contributed by atoms with Gasteiger partial charge in [0.2, 0.25) is 5.95 Å². The third-order valence-corrected chi connectivity index (χ3v) is 8.17. The Morgan fingerprint density at radius 3 is 2.64 bits per heavy atom. The van der Waals surface area contributed by atoms with E-state index in [2.05, 4.69) is 20.2 Å². The predicted octanol–water partition coefficient (Wildman–Crippen LogP) is 5.21. The second kappa shape index (κ2) is 11.1. The van der Waals surface area contributed by atoms with Gasteiger partial charge in [0.15, 0.2) is 0 Å². The molecule has 3 aromatic heterocycles. The number of hydrogen-bond donors (Lipinski definition) is 2. The first-order valence-electron chi connectivity index (χ1n) is 13.2. The Bertz CT molecular complexity index is 1760. The van der Waals surface area contributed by atoms with E-state index in [1.165, 1.54) is 25.1 Å². The number of primary amides is 1. The van der Waals surface area contributed by atoms with Crippen molar-refractivity contribution in [2.45, 2.75) is 19.2 Å². The minimum absolute atomic E-state index is 0.0430. The van der Waals surface area contributed by atoms with Gasteiger partial charge in [-0.15, -0.1) is 11.3 Å². The third kappa shape index (κ3) is 5.40. The first kappa shape index (κ1) is 27.7. The van der Waals surface area contributed by atoms with Crippen molar-refractivity contribution in [3.63, 3.8) is 0 Å². The smallest absolute Gasteiger partial charge is 0.416 e. The summed E-state index contributed by atoms with van der Waals surface area (Å²) in [5.74, 6) is 0.0389. The van der Waals surface area contributed by atoms with Gasteiger partial charge in [0, 0.05) is 49.6 Å². The fourth-order valence-electron chi connectivity index (χ4n) is 4.98. The molecule has 0 aliphatic carbocycles. The number of aromatic nitrogens is 4. The van der Waals surface area contributed by atoms with Crippen LogP contribution < -0.4 is 20.7 Å². The highest BCUT2D eigenvalue weighted by Crippen LogP contribution is 2.39. The van der Waals surface area contributed by atoms with Crippen LogP contribution in [0.25, 0.3) is 27.3 Å². The molecule has 1 amide bonds. The monoisotopic (exact) mass is 593 g/mol. The largest absolute Gasteiger partial charge is 0.484 e. The van der Waals surface area contributed by atoms with E-state index in [0.29, 0.717) is 16.5 Å². The average molecular weight is 594 g/mol. The Morgan fingerprint density at radius 2 is 1.88 bits per heavy atom. The summed E-state index contributed by atoms with van der Waals surface area (Å²) in [4.78, 5) is 28.3. The van der Waals surface area contributed by atoms with Crippen LogP contribution in [-0.4, -0.2) is 51.6 Å². The molecular weight excluding hydrogens is 567 g/mol. The number of rotatable bonds is 7. The molecule has 3 N–H and O–H groups in total. The van der Waals surface area contributed by atoms with Crippen molar-refractivity contribution in [1.82, 2.24) is 24.8 Å². The lowest BCUT2D eigenvalue weighted by Gasteiger charge is -2.27. The van der Waals surface area contributed by atoms with E-state index in [1.54, 1.807) is 23.2 Å². The van der Waals surface area contributed by atoms with E-state index in [1.807, 2.05) is 24.3 Å². The number of anilines is 1. The van der Waals surface area contributed by atoms with Gasteiger partial charge < -0.3 is 20.7 Å². The summed E-state index contributed by atoms with van der Waals surface area (Å²) in [6.07, 6.45) is -2.18. The predicted molar refractivity (Wildman–Crippen MR) is 154 cm³/mol. The van der Waals surface area contributed by atoms with Crippen molar-refractivity contribution < 1.29 is 22.7 Å². The van der Waals surface area contributed by atoms with Crippen LogP contribution in [0.4, 0.5) is 19.1 Å². The van der Waals surface area contributed by atoms with Gasteiger partial charge in [-0.2, -0.15) is 13.2 Å². The van der Waals surface area contributed by atoms with Crippen LogP contribution in [0.3, 0.4) is 0 Å². The number of benzene rings is 2. The molecule has 2 aromatic carbocycles. The molecule has 13 heteroatoms. The number of thiophene rings is 1. The molecule has 1 fully saturated rings. The number of carbonyl (C=O) groups excluding carboxylic acids is 1. The van der Waals surface area contributed by atoms with Crippen LogP contribution in [0.1, 0.15) is 33.8 Å². The van der Waals surface area contributed by atoms with Crippen LogP contribution in [0, 0.1) is 0 Å². The lowest BCUT2D eigenvalue weighted by molar-refractivity contribution is -0.139. The first-order chi connectivity index (χ1) is 20.2. The number of fused-ring (bicyclic) bond motifs is 1. The lowest BCUT2D eigenvalue weighted by atomic mass is 10.0. The van der Waals surface area contributed by atoms with Crippen LogP contribution >= 0.6 is 11.3 Å². The van der Waals surface area contributed by atoms with Crippen LogP contribution in [-0.2, 0) is 6.18 Å². The fourth-order valence-corrected chi connectivity index (χ4v) is 5.90. The zero-order valence-corrected chi connectivity index (χ0v) is 23.2. The highest BCUT2D eigenvalue weighted by molar-refractivity contribution is 7.16. The van der Waals surface area contributed by atoms with Crippen molar-refractivity contribution >= 4 is 34.2 Å². The number of alkyl halides is 3. The summed E-state index contributed by atoms with van der Waals surface area (Å²) in [7, 11) is 0. The lowest BCUT2D eigenvalue weighted by Crippen LogP contribution is -2.44. The molecule has 1 aliphatic heterocycles. The number of amides is 1. The Hall–Kier alpha value is -4.49. The summed E-state index contributed by atoms with van der Waals surface area (Å²) in [6, 6.07) is 14.4. The number of piperazine rings is 1. The molecule has 6 rings (SSSR count). The van der Waals surface area contributed by atoms with E-state index in [0.717, 1.165) is 60.4 Å². The molecule has 0 bridgehead atoms. The zero-order valence-electron chi connectivity index (χ0n) is 22.4. The molecule has 0 radical (unpaired) electrons. The molecular formula is C29H26F3N7O2S. The maximum atomic E-state index is 13.6. The highest BCUT2D eigenvalue weighted by Gasteiger charge is 2.35. The van der Waals surface area contributed by atoms with Gasteiger partial charge >= 0.3 is 6.18 Å². The van der Waals surface area contributed by atoms with E-state index >= 15 is 0 Å². The van der Waals surface area contributed by atoms with Crippen molar-refractivity contribution in [3.05, 3.63) is 83.1 Å². The van der Waals surface area contributed by atoms with Gasteiger partial charge in [0.1, 0.15) is 28.1 Å². The summed E-state index contributed by atoms with van der Waals surface area (Å²) in [5.41, 5.74) is 7.88. The summed E-state index contributed by atoms with van der Waals surface area (Å²) in [5, 5.41) is 3.90. The summed E-state index contributed by atoms with van der Waals surface area (Å²) >= 11 is 1.08. The van der Waals surface area contributed by atoms with E-state index in [-0.39, 0.29) is 16.2 Å². The fraction of sp³-hybridized carbons (Fsp3) is 0.241. The molecule has 0 unspecified atom stereocenters. The molecule has 5 aromatic rings. The topological polar surface area (TPSA) is 111 Å². The minimum atomic E-state index is -4.55. The van der Waals surface area contributed by atoms with Gasteiger partial charge in [-0.05, 0) is 31.2 Å². The van der Waals surface area contributed by atoms with Crippen molar-refractivity contribution in [2.24, 2.45) is 5.73 Å². The molecule has 1 aliphatic rings.